The SMILES string of the molecule is CCNC(=NCCn1cc(C)cn1)N1CCN(c2cccs2)CC1.I. The molecule has 3 rings (SSSR count). The number of nitrogens with one attached hydrogen (secondary N) is 1. The number of aliphatic imine (C=N–C) groups is 1. The fourth-order valence-corrected chi connectivity index (χ4v) is 3.65. The molecule has 138 valence electrons. The molecule has 2 aromatic rings. The molecule has 0 unspecified atom stereocenters. The van der Waals surface area contributed by atoms with Gasteiger partial charge in [-0.25, -0.2) is 0 Å². The molecule has 1 saturated heterocycles. The van der Waals surface area contributed by atoms with Gasteiger partial charge in [-0.15, -0.1) is 35.3 Å². The van der Waals surface area contributed by atoms with Gasteiger partial charge in [0.2, 0.25) is 0 Å². The molecule has 0 atom stereocenters. The monoisotopic (exact) mass is 474 g/mol. The van der Waals surface area contributed by atoms with Gasteiger partial charge in [-0.2, -0.15) is 5.10 Å². The number of anilines is 1. The van der Waals surface area contributed by atoms with Gasteiger partial charge in [-0.1, -0.05) is 0 Å². The Morgan fingerprint density at radius 1 is 1.32 bits per heavy atom. The minimum absolute atomic E-state index is 0. The number of aromatic nitrogens is 2. The van der Waals surface area contributed by atoms with E-state index in [1.165, 1.54) is 10.6 Å². The number of thiophene rings is 1. The summed E-state index contributed by atoms with van der Waals surface area (Å²) in [7, 11) is 0. The van der Waals surface area contributed by atoms with E-state index in [0.29, 0.717) is 0 Å². The first-order valence-corrected chi connectivity index (χ1v) is 9.45. The van der Waals surface area contributed by atoms with E-state index in [0.717, 1.165) is 51.8 Å². The lowest BCUT2D eigenvalue weighted by atomic mass is 10.3. The number of piperazine rings is 1. The standard InChI is InChI=1S/C17H26N6S.HI/c1-3-18-17(19-6-7-23-14-15(2)13-20-23)22-10-8-21(9-11-22)16-5-4-12-24-16;/h4-5,12-14H,3,6-11H2,1-2H3,(H,18,19);1H. The zero-order valence-corrected chi connectivity index (χ0v) is 18.0. The second-order valence-corrected chi connectivity index (χ2v) is 6.87. The van der Waals surface area contributed by atoms with Crippen molar-refractivity contribution in [2.75, 3.05) is 44.2 Å². The maximum Gasteiger partial charge on any atom is 0.194 e. The number of halogens is 1. The summed E-state index contributed by atoms with van der Waals surface area (Å²) in [4.78, 5) is 9.60. The molecule has 0 spiro atoms. The largest absolute Gasteiger partial charge is 0.360 e. The van der Waals surface area contributed by atoms with Crippen LogP contribution in [-0.2, 0) is 6.54 Å². The summed E-state index contributed by atoms with van der Waals surface area (Å²) in [5.41, 5.74) is 1.19. The molecule has 25 heavy (non-hydrogen) atoms. The number of hydrogen-bond donors (Lipinski definition) is 1. The average molecular weight is 474 g/mol. The number of aryl methyl sites for hydroxylation is 1. The fraction of sp³-hybridized carbons (Fsp3) is 0.529. The van der Waals surface area contributed by atoms with Crippen molar-refractivity contribution >= 4 is 46.3 Å². The second kappa shape index (κ2) is 10.0. The van der Waals surface area contributed by atoms with Crippen LogP contribution in [0.1, 0.15) is 12.5 Å². The second-order valence-electron chi connectivity index (χ2n) is 5.94. The van der Waals surface area contributed by atoms with Crippen LogP contribution in [0.25, 0.3) is 0 Å². The number of guanidine groups is 1. The van der Waals surface area contributed by atoms with Crippen LogP contribution in [0.5, 0.6) is 0 Å². The maximum atomic E-state index is 4.78. The molecular weight excluding hydrogens is 447 g/mol. The van der Waals surface area contributed by atoms with Crippen LogP contribution in [0, 0.1) is 6.92 Å². The minimum Gasteiger partial charge on any atom is -0.360 e. The van der Waals surface area contributed by atoms with E-state index in [1.807, 2.05) is 22.2 Å². The Morgan fingerprint density at radius 2 is 2.12 bits per heavy atom. The maximum absolute atomic E-state index is 4.78. The molecule has 0 saturated carbocycles. The lowest BCUT2D eigenvalue weighted by Gasteiger charge is -2.37. The Morgan fingerprint density at radius 3 is 2.72 bits per heavy atom. The molecule has 0 aliphatic carbocycles. The number of nitrogens with zero attached hydrogens (tertiary/aromatic N) is 5. The van der Waals surface area contributed by atoms with Crippen molar-refractivity contribution in [1.82, 2.24) is 20.0 Å². The summed E-state index contributed by atoms with van der Waals surface area (Å²) < 4.78 is 1.96. The van der Waals surface area contributed by atoms with E-state index < -0.39 is 0 Å². The topological polar surface area (TPSA) is 48.7 Å². The van der Waals surface area contributed by atoms with Crippen LogP contribution in [0.15, 0.2) is 34.9 Å². The highest BCUT2D eigenvalue weighted by atomic mass is 127. The van der Waals surface area contributed by atoms with E-state index in [2.05, 4.69) is 57.8 Å². The Bertz CT molecular complexity index is 646. The van der Waals surface area contributed by atoms with Crippen molar-refractivity contribution in [3.05, 3.63) is 35.5 Å². The lowest BCUT2D eigenvalue weighted by Crippen LogP contribution is -2.52. The summed E-state index contributed by atoms with van der Waals surface area (Å²) in [5.74, 6) is 1.02. The quantitative estimate of drug-likeness (QED) is 0.412. The molecule has 0 aromatic carbocycles. The molecule has 8 heteroatoms. The normalized spacial score (nSPS) is 15.2. The van der Waals surface area contributed by atoms with Crippen molar-refractivity contribution in [3.8, 4) is 0 Å². The van der Waals surface area contributed by atoms with Gasteiger partial charge in [-0.3, -0.25) is 9.67 Å². The summed E-state index contributed by atoms with van der Waals surface area (Å²) >= 11 is 1.81. The predicted octanol–water partition coefficient (Wildman–Crippen LogP) is 2.66. The first kappa shape index (κ1) is 20.0. The van der Waals surface area contributed by atoms with Crippen LogP contribution in [0.3, 0.4) is 0 Å². The smallest absolute Gasteiger partial charge is 0.194 e. The summed E-state index contributed by atoms with van der Waals surface area (Å²) in [5, 5.41) is 11.3. The van der Waals surface area contributed by atoms with Gasteiger partial charge in [0.05, 0.1) is 24.3 Å². The van der Waals surface area contributed by atoms with Crippen LogP contribution in [0.4, 0.5) is 5.00 Å². The molecule has 0 amide bonds. The first-order chi connectivity index (χ1) is 11.8. The van der Waals surface area contributed by atoms with E-state index in [4.69, 9.17) is 4.99 Å². The summed E-state index contributed by atoms with van der Waals surface area (Å²) in [6.45, 7) is 10.7. The van der Waals surface area contributed by atoms with Gasteiger partial charge >= 0.3 is 0 Å². The summed E-state index contributed by atoms with van der Waals surface area (Å²) in [6, 6.07) is 4.32. The van der Waals surface area contributed by atoms with E-state index in [-0.39, 0.29) is 24.0 Å². The molecule has 1 fully saturated rings. The van der Waals surface area contributed by atoms with E-state index in [1.54, 1.807) is 0 Å². The molecule has 1 aliphatic heterocycles. The highest BCUT2D eigenvalue weighted by Gasteiger charge is 2.20. The molecular formula is C17H27IN6S. The third kappa shape index (κ3) is 5.60. The Balaban J connectivity index is 0.00000225. The lowest BCUT2D eigenvalue weighted by molar-refractivity contribution is 0.373. The Labute approximate surface area is 170 Å². The zero-order valence-electron chi connectivity index (χ0n) is 14.9. The Kier molecular flexibility index (Phi) is 8.01. The average Bonchev–Trinajstić information content (AvgIpc) is 3.26. The van der Waals surface area contributed by atoms with Crippen molar-refractivity contribution in [2.24, 2.45) is 4.99 Å². The van der Waals surface area contributed by atoms with Crippen molar-refractivity contribution < 1.29 is 0 Å². The molecule has 6 nitrogen and oxygen atoms in total. The van der Waals surface area contributed by atoms with Crippen molar-refractivity contribution in [2.45, 2.75) is 20.4 Å². The molecule has 0 bridgehead atoms. The molecule has 1 aliphatic rings. The van der Waals surface area contributed by atoms with Crippen LogP contribution >= 0.6 is 35.3 Å². The minimum atomic E-state index is 0. The third-order valence-corrected chi connectivity index (χ3v) is 5.01. The predicted molar refractivity (Wildman–Crippen MR) is 116 cm³/mol. The van der Waals surface area contributed by atoms with Crippen molar-refractivity contribution in [1.29, 1.82) is 0 Å². The molecule has 0 radical (unpaired) electrons. The van der Waals surface area contributed by atoms with Gasteiger partial charge in [-0.05, 0) is 36.9 Å². The molecule has 1 N–H and O–H groups in total. The Hall–Kier alpha value is -1.29. The molecule has 2 aromatic heterocycles. The van der Waals surface area contributed by atoms with Crippen LogP contribution in [0.2, 0.25) is 0 Å². The van der Waals surface area contributed by atoms with E-state index in [9.17, 15) is 0 Å². The zero-order chi connectivity index (χ0) is 16.8. The van der Waals surface area contributed by atoms with Gasteiger partial charge in [0.1, 0.15) is 0 Å². The first-order valence-electron chi connectivity index (χ1n) is 8.57. The fourth-order valence-electron chi connectivity index (χ4n) is 2.86. The van der Waals surface area contributed by atoms with Crippen molar-refractivity contribution in [3.63, 3.8) is 0 Å². The highest BCUT2D eigenvalue weighted by molar-refractivity contribution is 14.0. The van der Waals surface area contributed by atoms with Crippen LogP contribution < -0.4 is 10.2 Å². The third-order valence-electron chi connectivity index (χ3n) is 4.08. The van der Waals surface area contributed by atoms with Gasteiger partial charge in [0.25, 0.3) is 0 Å². The van der Waals surface area contributed by atoms with Gasteiger partial charge in [0, 0.05) is 38.9 Å². The van der Waals surface area contributed by atoms with Crippen LogP contribution in [-0.4, -0.2) is 59.9 Å². The van der Waals surface area contributed by atoms with E-state index >= 15 is 0 Å². The summed E-state index contributed by atoms with van der Waals surface area (Å²) in [6.07, 6.45) is 3.95. The number of rotatable bonds is 5. The molecule has 3 heterocycles. The number of hydrogen-bond acceptors (Lipinski definition) is 4. The van der Waals surface area contributed by atoms with Gasteiger partial charge < -0.3 is 15.1 Å². The van der Waals surface area contributed by atoms with Gasteiger partial charge in [0.15, 0.2) is 5.96 Å². The highest BCUT2D eigenvalue weighted by Crippen LogP contribution is 2.22.